The molecule has 0 aliphatic heterocycles. The van der Waals surface area contributed by atoms with E-state index in [0.717, 1.165) is 6.42 Å². The molecule has 0 radical (unpaired) electrons. The first-order valence-electron chi connectivity index (χ1n) is 13.1. The molecule has 0 amide bonds. The molecule has 1 unspecified atom stereocenters. The lowest BCUT2D eigenvalue weighted by molar-refractivity contribution is 0.836. The van der Waals surface area contributed by atoms with Crippen LogP contribution in [-0.2, 0) is 6.42 Å². The van der Waals surface area contributed by atoms with E-state index in [1.54, 1.807) is 0 Å². The van der Waals surface area contributed by atoms with Crippen LogP contribution in [0.1, 0.15) is 22.7 Å². The molecule has 174 valence electrons. The number of aromatic amines is 1. The first-order valence-corrected chi connectivity index (χ1v) is 13.1. The van der Waals surface area contributed by atoms with Crippen LogP contribution in [0, 0.1) is 0 Å². The van der Waals surface area contributed by atoms with Crippen LogP contribution in [0.3, 0.4) is 0 Å². The van der Waals surface area contributed by atoms with Gasteiger partial charge in [-0.25, -0.2) is 0 Å². The second-order valence-corrected chi connectivity index (χ2v) is 10.2. The highest BCUT2D eigenvalue weighted by Crippen LogP contribution is 2.43. The van der Waals surface area contributed by atoms with Crippen molar-refractivity contribution in [2.75, 3.05) is 0 Å². The van der Waals surface area contributed by atoms with E-state index in [9.17, 15) is 0 Å². The molecule has 1 aliphatic rings. The highest BCUT2D eigenvalue weighted by molar-refractivity contribution is 6.14. The Hall–Kier alpha value is -4.62. The third kappa shape index (κ3) is 3.11. The highest BCUT2D eigenvalue weighted by atomic mass is 14.7. The van der Waals surface area contributed by atoms with Crippen LogP contribution in [0.2, 0.25) is 0 Å². The second kappa shape index (κ2) is 7.94. The van der Waals surface area contributed by atoms with Crippen molar-refractivity contribution >= 4 is 49.2 Å². The van der Waals surface area contributed by atoms with Gasteiger partial charge in [0.25, 0.3) is 0 Å². The molecule has 8 rings (SSSR count). The third-order valence-electron chi connectivity index (χ3n) is 8.11. The highest BCUT2D eigenvalue weighted by Gasteiger charge is 2.24. The number of allylic oxidation sites excluding steroid dienone is 1. The van der Waals surface area contributed by atoms with E-state index < -0.39 is 0 Å². The van der Waals surface area contributed by atoms with Gasteiger partial charge in [-0.15, -0.1) is 0 Å². The van der Waals surface area contributed by atoms with Crippen molar-refractivity contribution in [3.05, 3.63) is 138 Å². The summed E-state index contributed by atoms with van der Waals surface area (Å²) in [4.78, 5) is 3.82. The molecule has 6 aromatic carbocycles. The van der Waals surface area contributed by atoms with Gasteiger partial charge in [-0.1, -0.05) is 109 Å². The van der Waals surface area contributed by atoms with Crippen LogP contribution in [-0.4, -0.2) is 4.98 Å². The van der Waals surface area contributed by atoms with Gasteiger partial charge < -0.3 is 4.98 Å². The molecule has 0 bridgehead atoms. The number of aromatic nitrogens is 1. The summed E-state index contributed by atoms with van der Waals surface area (Å²) in [5, 5.41) is 10.5. The number of rotatable bonds is 3. The van der Waals surface area contributed by atoms with Crippen LogP contribution in [0.15, 0.2) is 121 Å². The van der Waals surface area contributed by atoms with Crippen molar-refractivity contribution in [1.29, 1.82) is 0 Å². The van der Waals surface area contributed by atoms with Gasteiger partial charge in [0.05, 0.1) is 0 Å². The minimum absolute atomic E-state index is 0.347. The van der Waals surface area contributed by atoms with Crippen molar-refractivity contribution in [1.82, 2.24) is 4.98 Å². The zero-order valence-electron chi connectivity index (χ0n) is 20.4. The molecule has 1 atom stereocenters. The number of benzene rings is 6. The van der Waals surface area contributed by atoms with Gasteiger partial charge in [0.15, 0.2) is 0 Å². The molecular weight excluding hydrogens is 446 g/mol. The van der Waals surface area contributed by atoms with Crippen molar-refractivity contribution in [2.45, 2.75) is 12.3 Å². The number of fused-ring (bicyclic) bond motifs is 8. The predicted molar refractivity (Wildman–Crippen MR) is 158 cm³/mol. The first kappa shape index (κ1) is 20.6. The lowest BCUT2D eigenvalue weighted by Crippen LogP contribution is -2.01. The summed E-state index contributed by atoms with van der Waals surface area (Å²) in [6.45, 7) is 0. The molecule has 0 saturated heterocycles. The SMILES string of the molecule is C1=CC(Cc2ccc(-c3c4ccccc4cc4ccccc34)[nH]2)c2c1c1ccccc1c1ccccc21. The van der Waals surface area contributed by atoms with Gasteiger partial charge in [-0.05, 0) is 78.8 Å². The van der Waals surface area contributed by atoms with Crippen molar-refractivity contribution in [2.24, 2.45) is 0 Å². The van der Waals surface area contributed by atoms with Gasteiger partial charge in [-0.2, -0.15) is 0 Å². The summed E-state index contributed by atoms with van der Waals surface area (Å²) in [6.07, 6.45) is 5.70. The van der Waals surface area contributed by atoms with E-state index in [2.05, 4.69) is 132 Å². The smallest absolute Gasteiger partial charge is 0.0468 e. The minimum Gasteiger partial charge on any atom is -0.358 e. The average Bonchev–Trinajstić information content (AvgIpc) is 3.59. The Kier molecular flexibility index (Phi) is 4.41. The Bertz CT molecular complexity index is 1970. The van der Waals surface area contributed by atoms with Crippen molar-refractivity contribution < 1.29 is 0 Å². The zero-order chi connectivity index (χ0) is 24.3. The molecule has 1 nitrogen and oxygen atoms in total. The van der Waals surface area contributed by atoms with E-state index in [1.807, 2.05) is 0 Å². The molecule has 37 heavy (non-hydrogen) atoms. The maximum Gasteiger partial charge on any atom is 0.0468 e. The third-order valence-corrected chi connectivity index (χ3v) is 8.11. The molecular formula is C36H25N. The van der Waals surface area contributed by atoms with Crippen LogP contribution in [0.25, 0.3) is 60.4 Å². The van der Waals surface area contributed by atoms with E-state index in [-0.39, 0.29) is 0 Å². The summed E-state index contributed by atoms with van der Waals surface area (Å²) in [6, 6.07) is 42.0. The summed E-state index contributed by atoms with van der Waals surface area (Å²) in [5.41, 5.74) is 6.59. The zero-order valence-corrected chi connectivity index (χ0v) is 20.4. The van der Waals surface area contributed by atoms with Gasteiger partial charge >= 0.3 is 0 Å². The number of H-pyrrole nitrogens is 1. The maximum atomic E-state index is 3.82. The minimum atomic E-state index is 0.347. The summed E-state index contributed by atoms with van der Waals surface area (Å²) in [7, 11) is 0. The van der Waals surface area contributed by atoms with E-state index in [1.165, 1.54) is 71.2 Å². The molecule has 7 aromatic rings. The molecule has 1 aliphatic carbocycles. The van der Waals surface area contributed by atoms with Gasteiger partial charge in [0.2, 0.25) is 0 Å². The van der Waals surface area contributed by atoms with Crippen LogP contribution in [0.4, 0.5) is 0 Å². The molecule has 1 heterocycles. The van der Waals surface area contributed by atoms with Gasteiger partial charge in [-0.3, -0.25) is 0 Å². The largest absolute Gasteiger partial charge is 0.358 e. The Balaban J connectivity index is 1.25. The van der Waals surface area contributed by atoms with E-state index >= 15 is 0 Å². The quantitative estimate of drug-likeness (QED) is 0.195. The molecule has 0 saturated carbocycles. The topological polar surface area (TPSA) is 15.8 Å². The summed E-state index contributed by atoms with van der Waals surface area (Å²) < 4.78 is 0. The Morgan fingerprint density at radius 1 is 0.541 bits per heavy atom. The van der Waals surface area contributed by atoms with Crippen molar-refractivity contribution in [3.8, 4) is 11.3 Å². The fourth-order valence-electron chi connectivity index (χ4n) is 6.50. The van der Waals surface area contributed by atoms with Gasteiger partial charge in [0, 0.05) is 22.9 Å². The number of nitrogens with one attached hydrogen (secondary N) is 1. The summed E-state index contributed by atoms with van der Waals surface area (Å²) >= 11 is 0. The Labute approximate surface area is 215 Å². The maximum absolute atomic E-state index is 3.82. The van der Waals surface area contributed by atoms with Crippen LogP contribution < -0.4 is 0 Å². The number of hydrogen-bond acceptors (Lipinski definition) is 0. The molecule has 0 fully saturated rings. The van der Waals surface area contributed by atoms with Crippen LogP contribution >= 0.6 is 0 Å². The fraction of sp³-hybridized carbons (Fsp3) is 0.0556. The van der Waals surface area contributed by atoms with E-state index in [0.29, 0.717) is 5.92 Å². The Morgan fingerprint density at radius 3 is 1.81 bits per heavy atom. The predicted octanol–water partition coefficient (Wildman–Crippen LogP) is 9.65. The molecule has 1 N–H and O–H groups in total. The van der Waals surface area contributed by atoms with Crippen molar-refractivity contribution in [3.63, 3.8) is 0 Å². The Morgan fingerprint density at radius 2 is 1.11 bits per heavy atom. The first-order chi connectivity index (χ1) is 18.3. The normalized spacial score (nSPS) is 14.8. The average molecular weight is 472 g/mol. The van der Waals surface area contributed by atoms with E-state index in [4.69, 9.17) is 0 Å². The fourth-order valence-corrected chi connectivity index (χ4v) is 6.50. The monoisotopic (exact) mass is 471 g/mol. The molecule has 0 spiro atoms. The van der Waals surface area contributed by atoms with Gasteiger partial charge in [0.1, 0.15) is 0 Å². The second-order valence-electron chi connectivity index (χ2n) is 10.2. The molecule has 1 heteroatoms. The number of hydrogen-bond donors (Lipinski definition) is 1. The standard InChI is InChI=1S/C36H25N/c1-3-11-27-23(9-1)21-24-10-2-4-12-28(24)36(27)34-20-18-26(37-34)22-25-17-19-33-31-15-6-5-13-29(31)30-14-7-8-16-32(30)35(25)33/h1-21,25,37H,22H2. The lowest BCUT2D eigenvalue weighted by Gasteiger charge is -2.16. The molecule has 1 aromatic heterocycles. The van der Waals surface area contributed by atoms with Crippen LogP contribution in [0.5, 0.6) is 0 Å². The summed E-state index contributed by atoms with van der Waals surface area (Å²) in [5.74, 6) is 0.347. The lowest BCUT2D eigenvalue weighted by atomic mass is 9.87.